The molecule has 0 radical (unpaired) electrons. The second-order valence-electron chi connectivity index (χ2n) is 3.54. The Morgan fingerprint density at radius 1 is 1.44 bits per heavy atom. The minimum absolute atomic E-state index is 0.0351. The summed E-state index contributed by atoms with van der Waals surface area (Å²) in [6.07, 6.45) is 0.278. The predicted molar refractivity (Wildman–Crippen MR) is 58.3 cm³/mol. The van der Waals surface area contributed by atoms with E-state index in [9.17, 15) is 13.6 Å². The van der Waals surface area contributed by atoms with Gasteiger partial charge in [0.05, 0.1) is 12.5 Å². The molecule has 4 nitrogen and oxygen atoms in total. The topological polar surface area (TPSA) is 70.3 Å². The van der Waals surface area contributed by atoms with Crippen molar-refractivity contribution < 1.29 is 23.4 Å². The summed E-state index contributed by atoms with van der Waals surface area (Å²) in [7, 11) is 0. The van der Waals surface area contributed by atoms with Gasteiger partial charge in [-0.15, -0.1) is 0 Å². The molecule has 0 atom stereocenters. The highest BCUT2D eigenvalue weighted by Gasteiger charge is 2.10. The summed E-state index contributed by atoms with van der Waals surface area (Å²) in [6, 6.07) is 5.99. The fourth-order valence-electron chi connectivity index (χ4n) is 1.54. The van der Waals surface area contributed by atoms with E-state index < -0.39 is 12.6 Å². The Labute approximate surface area is 102 Å². The molecular formula is C12H11F2NO3. The van der Waals surface area contributed by atoms with E-state index in [0.717, 1.165) is 0 Å². The molecule has 1 aromatic rings. The molecule has 0 heterocycles. The lowest BCUT2D eigenvalue weighted by Gasteiger charge is -2.10. The van der Waals surface area contributed by atoms with Crippen molar-refractivity contribution in [3.63, 3.8) is 0 Å². The SMILES string of the molecule is N#CCCc1cc(OC(F)F)ccc1CC(=O)O. The zero-order chi connectivity index (χ0) is 13.5. The lowest BCUT2D eigenvalue weighted by Crippen LogP contribution is -2.06. The Morgan fingerprint density at radius 3 is 2.72 bits per heavy atom. The van der Waals surface area contributed by atoms with Crippen LogP contribution in [0.3, 0.4) is 0 Å². The van der Waals surface area contributed by atoms with Gasteiger partial charge in [-0.1, -0.05) is 6.07 Å². The average molecular weight is 255 g/mol. The maximum atomic E-state index is 12.0. The van der Waals surface area contributed by atoms with E-state index in [0.29, 0.717) is 17.5 Å². The molecule has 1 N–H and O–H groups in total. The molecule has 0 aliphatic rings. The standard InChI is InChI=1S/C12H11F2NO3/c13-12(14)18-10-4-3-9(7-11(16)17)8(6-10)2-1-5-15/h3-4,6,12H,1-2,7H2,(H,16,17). The maximum absolute atomic E-state index is 12.0. The Morgan fingerprint density at radius 2 is 2.17 bits per heavy atom. The molecule has 0 fully saturated rings. The summed E-state index contributed by atoms with van der Waals surface area (Å²) in [5.41, 5.74) is 1.04. The molecule has 0 unspecified atom stereocenters. The lowest BCUT2D eigenvalue weighted by atomic mass is 10.0. The molecule has 18 heavy (non-hydrogen) atoms. The third kappa shape index (κ3) is 4.37. The predicted octanol–water partition coefficient (Wildman–Crippen LogP) is 2.37. The van der Waals surface area contributed by atoms with Gasteiger partial charge in [0.1, 0.15) is 5.75 Å². The molecule has 0 spiro atoms. The van der Waals surface area contributed by atoms with Crippen LogP contribution in [0.15, 0.2) is 18.2 Å². The number of carboxylic acid groups (broad SMARTS) is 1. The highest BCUT2D eigenvalue weighted by atomic mass is 19.3. The summed E-state index contributed by atoms with van der Waals surface area (Å²) in [6.45, 7) is -2.93. The first-order valence-corrected chi connectivity index (χ1v) is 5.18. The maximum Gasteiger partial charge on any atom is 0.387 e. The number of nitriles is 1. The summed E-state index contributed by atoms with van der Waals surface area (Å²) in [4.78, 5) is 10.6. The molecule has 6 heteroatoms. The van der Waals surface area contributed by atoms with Crippen LogP contribution in [-0.2, 0) is 17.6 Å². The Balaban J connectivity index is 2.96. The van der Waals surface area contributed by atoms with E-state index in [4.69, 9.17) is 10.4 Å². The Kier molecular flexibility index (Phi) is 5.06. The third-order valence-electron chi connectivity index (χ3n) is 2.25. The minimum atomic E-state index is -2.93. The van der Waals surface area contributed by atoms with Gasteiger partial charge in [0, 0.05) is 6.42 Å². The van der Waals surface area contributed by atoms with E-state index in [2.05, 4.69) is 4.74 Å². The van der Waals surface area contributed by atoms with E-state index in [-0.39, 0.29) is 18.6 Å². The molecule has 0 aliphatic carbocycles. The van der Waals surface area contributed by atoms with Crippen molar-refractivity contribution in [2.75, 3.05) is 0 Å². The second kappa shape index (κ2) is 6.55. The van der Waals surface area contributed by atoms with Crippen LogP contribution in [0.2, 0.25) is 0 Å². The van der Waals surface area contributed by atoms with Crippen molar-refractivity contribution in [3.8, 4) is 11.8 Å². The number of rotatable bonds is 6. The lowest BCUT2D eigenvalue weighted by molar-refractivity contribution is -0.136. The van der Waals surface area contributed by atoms with Crippen molar-refractivity contribution in [1.82, 2.24) is 0 Å². The van der Waals surface area contributed by atoms with Gasteiger partial charge in [0.25, 0.3) is 0 Å². The van der Waals surface area contributed by atoms with Gasteiger partial charge in [0.2, 0.25) is 0 Å². The van der Waals surface area contributed by atoms with Gasteiger partial charge < -0.3 is 9.84 Å². The van der Waals surface area contributed by atoms with E-state index in [1.165, 1.54) is 18.2 Å². The number of alkyl halides is 2. The van der Waals surface area contributed by atoms with Crippen molar-refractivity contribution in [2.24, 2.45) is 0 Å². The quantitative estimate of drug-likeness (QED) is 0.847. The molecule has 1 rings (SSSR count). The molecule has 0 saturated heterocycles. The number of aryl methyl sites for hydroxylation is 1. The highest BCUT2D eigenvalue weighted by Crippen LogP contribution is 2.21. The van der Waals surface area contributed by atoms with Crippen LogP contribution in [0.25, 0.3) is 0 Å². The molecule has 0 aromatic heterocycles. The molecule has 1 aromatic carbocycles. The van der Waals surface area contributed by atoms with Crippen LogP contribution in [0.4, 0.5) is 8.78 Å². The van der Waals surface area contributed by atoms with Crippen LogP contribution in [0.5, 0.6) is 5.75 Å². The second-order valence-corrected chi connectivity index (χ2v) is 3.54. The molecule has 0 amide bonds. The number of carboxylic acids is 1. The number of benzene rings is 1. The fraction of sp³-hybridized carbons (Fsp3) is 0.333. The van der Waals surface area contributed by atoms with Crippen molar-refractivity contribution in [1.29, 1.82) is 5.26 Å². The van der Waals surface area contributed by atoms with Gasteiger partial charge >= 0.3 is 12.6 Å². The van der Waals surface area contributed by atoms with Gasteiger partial charge in [-0.25, -0.2) is 0 Å². The summed E-state index contributed by atoms with van der Waals surface area (Å²) in [5, 5.41) is 17.2. The number of ether oxygens (including phenoxy) is 1. The number of halogens is 2. The first kappa shape index (κ1) is 13.9. The summed E-state index contributed by atoms with van der Waals surface area (Å²) >= 11 is 0. The average Bonchev–Trinajstić information content (AvgIpc) is 2.27. The first-order chi connectivity index (χ1) is 8.52. The van der Waals surface area contributed by atoms with Crippen molar-refractivity contribution in [2.45, 2.75) is 25.9 Å². The first-order valence-electron chi connectivity index (χ1n) is 5.18. The largest absolute Gasteiger partial charge is 0.481 e. The van der Waals surface area contributed by atoms with Gasteiger partial charge in [0.15, 0.2) is 0 Å². The number of aliphatic carboxylic acids is 1. The van der Waals surface area contributed by atoms with Crippen LogP contribution in [-0.4, -0.2) is 17.7 Å². The number of hydrogen-bond acceptors (Lipinski definition) is 3. The highest BCUT2D eigenvalue weighted by molar-refractivity contribution is 5.71. The summed E-state index contributed by atoms with van der Waals surface area (Å²) in [5.74, 6) is -1.05. The number of nitrogens with zero attached hydrogens (tertiary/aromatic N) is 1. The van der Waals surface area contributed by atoms with Crippen LogP contribution in [0, 0.1) is 11.3 Å². The smallest absolute Gasteiger partial charge is 0.387 e. The van der Waals surface area contributed by atoms with Crippen molar-refractivity contribution in [3.05, 3.63) is 29.3 Å². The Hall–Kier alpha value is -2.16. The van der Waals surface area contributed by atoms with Crippen LogP contribution >= 0.6 is 0 Å². The van der Waals surface area contributed by atoms with Crippen LogP contribution in [0.1, 0.15) is 17.5 Å². The zero-order valence-corrected chi connectivity index (χ0v) is 9.40. The number of carbonyl (C=O) groups is 1. The molecule has 0 saturated carbocycles. The third-order valence-corrected chi connectivity index (χ3v) is 2.25. The molecule has 96 valence electrons. The van der Waals surface area contributed by atoms with Gasteiger partial charge in [-0.2, -0.15) is 14.0 Å². The number of hydrogen-bond donors (Lipinski definition) is 1. The molecule has 0 aliphatic heterocycles. The molecular weight excluding hydrogens is 244 g/mol. The normalized spacial score (nSPS) is 10.1. The molecule has 0 bridgehead atoms. The van der Waals surface area contributed by atoms with E-state index >= 15 is 0 Å². The minimum Gasteiger partial charge on any atom is -0.481 e. The Bertz CT molecular complexity index is 469. The van der Waals surface area contributed by atoms with E-state index in [1.54, 1.807) is 0 Å². The van der Waals surface area contributed by atoms with Gasteiger partial charge in [-0.3, -0.25) is 4.79 Å². The fourth-order valence-corrected chi connectivity index (χ4v) is 1.54. The van der Waals surface area contributed by atoms with E-state index in [1.807, 2.05) is 6.07 Å². The van der Waals surface area contributed by atoms with Crippen molar-refractivity contribution >= 4 is 5.97 Å². The van der Waals surface area contributed by atoms with Gasteiger partial charge in [-0.05, 0) is 29.7 Å². The van der Waals surface area contributed by atoms with Crippen LogP contribution < -0.4 is 4.74 Å². The monoisotopic (exact) mass is 255 g/mol. The zero-order valence-electron chi connectivity index (χ0n) is 9.40. The summed E-state index contributed by atoms with van der Waals surface area (Å²) < 4.78 is 28.3.